The number of hydrogen-bond acceptors (Lipinski definition) is 2. The van der Waals surface area contributed by atoms with Gasteiger partial charge in [0.2, 0.25) is 0 Å². The molecule has 0 saturated carbocycles. The Labute approximate surface area is 105 Å². The molecule has 0 radical (unpaired) electrons. The molecule has 0 unspecified atom stereocenters. The highest BCUT2D eigenvalue weighted by Crippen LogP contribution is 2.24. The van der Waals surface area contributed by atoms with Crippen molar-refractivity contribution in [2.45, 2.75) is 33.2 Å². The summed E-state index contributed by atoms with van der Waals surface area (Å²) < 4.78 is 5.22. The molecule has 1 aromatic carbocycles. The van der Waals surface area contributed by atoms with Gasteiger partial charge in [0.25, 0.3) is 0 Å². The van der Waals surface area contributed by atoms with Gasteiger partial charge in [0.05, 0.1) is 7.11 Å². The number of hydrogen-bond donors (Lipinski definition) is 1. The molecule has 16 heavy (non-hydrogen) atoms. The standard InChI is InChI=1S/C13H21NO.ClH/c1-9(2)7-12(14)11-5-6-13(15-4)10(3)8-11;/h5-6,8-9,12H,7,14H2,1-4H3;1H/t12-;/m0./s1. The molecule has 0 aliphatic carbocycles. The van der Waals surface area contributed by atoms with Crippen molar-refractivity contribution in [1.82, 2.24) is 0 Å². The van der Waals surface area contributed by atoms with Gasteiger partial charge in [-0.1, -0.05) is 26.0 Å². The van der Waals surface area contributed by atoms with Gasteiger partial charge in [-0.25, -0.2) is 0 Å². The predicted octanol–water partition coefficient (Wildman–Crippen LogP) is 3.47. The Kier molecular flexibility index (Phi) is 6.46. The lowest BCUT2D eigenvalue weighted by Crippen LogP contribution is -2.13. The molecule has 92 valence electrons. The van der Waals surface area contributed by atoms with E-state index in [0.717, 1.165) is 17.7 Å². The number of benzene rings is 1. The average molecular weight is 244 g/mol. The Morgan fingerprint density at radius 3 is 2.38 bits per heavy atom. The third-order valence-corrected chi connectivity index (χ3v) is 2.57. The number of halogens is 1. The van der Waals surface area contributed by atoms with Crippen LogP contribution in [0.5, 0.6) is 5.75 Å². The number of rotatable bonds is 4. The molecule has 0 bridgehead atoms. The second-order valence-electron chi connectivity index (χ2n) is 4.47. The minimum Gasteiger partial charge on any atom is -0.496 e. The van der Waals surface area contributed by atoms with Crippen LogP contribution < -0.4 is 10.5 Å². The van der Waals surface area contributed by atoms with Crippen LogP contribution in [0.2, 0.25) is 0 Å². The predicted molar refractivity (Wildman–Crippen MR) is 71.4 cm³/mol. The minimum atomic E-state index is 0. The van der Waals surface area contributed by atoms with E-state index < -0.39 is 0 Å². The molecule has 0 fully saturated rings. The third-order valence-electron chi connectivity index (χ3n) is 2.57. The maximum absolute atomic E-state index is 6.12. The van der Waals surface area contributed by atoms with E-state index >= 15 is 0 Å². The van der Waals surface area contributed by atoms with Gasteiger partial charge in [-0.05, 0) is 36.5 Å². The maximum atomic E-state index is 6.12. The van der Waals surface area contributed by atoms with E-state index in [9.17, 15) is 0 Å². The summed E-state index contributed by atoms with van der Waals surface area (Å²) in [4.78, 5) is 0. The normalized spacial score (nSPS) is 12.1. The van der Waals surface area contributed by atoms with Gasteiger partial charge >= 0.3 is 0 Å². The molecule has 1 atom stereocenters. The zero-order valence-corrected chi connectivity index (χ0v) is 11.3. The fourth-order valence-corrected chi connectivity index (χ4v) is 1.78. The summed E-state index contributed by atoms with van der Waals surface area (Å²) in [6, 6.07) is 6.30. The highest BCUT2D eigenvalue weighted by Gasteiger charge is 2.09. The number of ether oxygens (including phenoxy) is 1. The molecule has 1 aromatic rings. The highest BCUT2D eigenvalue weighted by atomic mass is 35.5. The molecule has 1 rings (SSSR count). The van der Waals surface area contributed by atoms with Crippen molar-refractivity contribution in [3.63, 3.8) is 0 Å². The van der Waals surface area contributed by atoms with E-state index in [4.69, 9.17) is 10.5 Å². The van der Waals surface area contributed by atoms with Gasteiger partial charge in [-0.3, -0.25) is 0 Å². The first-order chi connectivity index (χ1) is 7.04. The van der Waals surface area contributed by atoms with Gasteiger partial charge in [0.15, 0.2) is 0 Å². The minimum absolute atomic E-state index is 0. The molecule has 0 spiro atoms. The average Bonchev–Trinajstić information content (AvgIpc) is 2.16. The summed E-state index contributed by atoms with van der Waals surface area (Å²) in [6.07, 6.45) is 1.02. The van der Waals surface area contributed by atoms with Gasteiger partial charge in [-0.15, -0.1) is 12.4 Å². The lowest BCUT2D eigenvalue weighted by atomic mass is 9.96. The summed E-state index contributed by atoms with van der Waals surface area (Å²) in [6.45, 7) is 6.43. The van der Waals surface area contributed by atoms with Crippen LogP contribution in [0.15, 0.2) is 18.2 Å². The second kappa shape index (κ2) is 6.77. The summed E-state index contributed by atoms with van der Waals surface area (Å²) >= 11 is 0. The van der Waals surface area contributed by atoms with Crippen LogP contribution in [-0.2, 0) is 0 Å². The molecule has 3 heteroatoms. The largest absolute Gasteiger partial charge is 0.496 e. The van der Waals surface area contributed by atoms with Crippen molar-refractivity contribution in [3.8, 4) is 5.75 Å². The molecule has 0 saturated heterocycles. The van der Waals surface area contributed by atoms with Gasteiger partial charge in [0, 0.05) is 6.04 Å². The Morgan fingerprint density at radius 1 is 1.31 bits per heavy atom. The quantitative estimate of drug-likeness (QED) is 0.879. The van der Waals surface area contributed by atoms with E-state index in [0.29, 0.717) is 5.92 Å². The van der Waals surface area contributed by atoms with E-state index in [1.165, 1.54) is 5.56 Å². The van der Waals surface area contributed by atoms with E-state index in [-0.39, 0.29) is 18.4 Å². The van der Waals surface area contributed by atoms with Gasteiger partial charge in [0.1, 0.15) is 5.75 Å². The van der Waals surface area contributed by atoms with Crippen molar-refractivity contribution in [2.75, 3.05) is 7.11 Å². The van der Waals surface area contributed by atoms with Crippen molar-refractivity contribution in [3.05, 3.63) is 29.3 Å². The van der Waals surface area contributed by atoms with Crippen molar-refractivity contribution in [1.29, 1.82) is 0 Å². The number of methoxy groups -OCH3 is 1. The zero-order valence-electron chi connectivity index (χ0n) is 10.5. The lowest BCUT2D eigenvalue weighted by Gasteiger charge is -2.16. The molecular formula is C13H22ClNO. The van der Waals surface area contributed by atoms with Crippen LogP contribution in [0.3, 0.4) is 0 Å². The van der Waals surface area contributed by atoms with Crippen molar-refractivity contribution < 1.29 is 4.74 Å². The molecule has 0 amide bonds. The highest BCUT2D eigenvalue weighted by molar-refractivity contribution is 5.85. The van der Waals surface area contributed by atoms with E-state index in [1.807, 2.05) is 13.0 Å². The monoisotopic (exact) mass is 243 g/mol. The van der Waals surface area contributed by atoms with Crippen LogP contribution in [0, 0.1) is 12.8 Å². The molecular weight excluding hydrogens is 222 g/mol. The SMILES string of the molecule is COc1ccc([C@@H](N)CC(C)C)cc1C.Cl. The van der Waals surface area contributed by atoms with Crippen LogP contribution in [-0.4, -0.2) is 7.11 Å². The Hall–Kier alpha value is -0.730. The summed E-state index contributed by atoms with van der Waals surface area (Å²) in [5.74, 6) is 1.55. The molecule has 0 aromatic heterocycles. The van der Waals surface area contributed by atoms with Crippen molar-refractivity contribution in [2.24, 2.45) is 11.7 Å². The Bertz CT molecular complexity index is 326. The summed E-state index contributed by atoms with van der Waals surface area (Å²) in [7, 11) is 1.69. The van der Waals surface area contributed by atoms with E-state index in [1.54, 1.807) is 7.11 Å². The molecule has 0 aliphatic rings. The number of aryl methyl sites for hydroxylation is 1. The zero-order chi connectivity index (χ0) is 11.4. The van der Waals surface area contributed by atoms with Crippen LogP contribution >= 0.6 is 12.4 Å². The third kappa shape index (κ3) is 4.03. The topological polar surface area (TPSA) is 35.2 Å². The van der Waals surface area contributed by atoms with Crippen LogP contribution in [0.1, 0.15) is 37.4 Å². The van der Waals surface area contributed by atoms with Gasteiger partial charge in [-0.2, -0.15) is 0 Å². The summed E-state index contributed by atoms with van der Waals surface area (Å²) in [5, 5.41) is 0. The fourth-order valence-electron chi connectivity index (χ4n) is 1.78. The van der Waals surface area contributed by atoms with Crippen LogP contribution in [0.4, 0.5) is 0 Å². The lowest BCUT2D eigenvalue weighted by molar-refractivity contribution is 0.411. The van der Waals surface area contributed by atoms with Crippen LogP contribution in [0.25, 0.3) is 0 Å². The van der Waals surface area contributed by atoms with E-state index in [2.05, 4.69) is 26.0 Å². The molecule has 0 aliphatic heterocycles. The first-order valence-corrected chi connectivity index (χ1v) is 5.44. The second-order valence-corrected chi connectivity index (χ2v) is 4.47. The van der Waals surface area contributed by atoms with Crippen molar-refractivity contribution >= 4 is 12.4 Å². The first kappa shape index (κ1) is 15.3. The summed E-state index contributed by atoms with van der Waals surface area (Å²) in [5.41, 5.74) is 8.46. The Balaban J connectivity index is 0.00000225. The maximum Gasteiger partial charge on any atom is 0.121 e. The smallest absolute Gasteiger partial charge is 0.121 e. The first-order valence-electron chi connectivity index (χ1n) is 5.44. The fraction of sp³-hybridized carbons (Fsp3) is 0.538. The van der Waals surface area contributed by atoms with Gasteiger partial charge < -0.3 is 10.5 Å². The molecule has 2 nitrogen and oxygen atoms in total. The molecule has 0 heterocycles. The number of nitrogens with two attached hydrogens (primary N) is 1. The Morgan fingerprint density at radius 2 is 1.94 bits per heavy atom. The molecule has 2 N–H and O–H groups in total.